The number of hydrogen-bond donors (Lipinski definition) is 1. The van der Waals surface area contributed by atoms with E-state index in [0.717, 1.165) is 0 Å². The highest BCUT2D eigenvalue weighted by Gasteiger charge is 2.14. The van der Waals surface area contributed by atoms with Gasteiger partial charge in [-0.2, -0.15) is 0 Å². The molecule has 2 aromatic rings. The normalized spacial score (nSPS) is 12.4. The Labute approximate surface area is 119 Å². The van der Waals surface area contributed by atoms with Crippen molar-refractivity contribution >= 4 is 28.7 Å². The standard InChI is InChI=1S/C13H12ClFN2OS/c1-7(16)13-17-11(6-19-13)12(18)5-8-2-3-9(14)10(15)4-8/h2-4,6-7H,5,16H2,1H3. The predicted octanol–water partition coefficient (Wildman–Crippen LogP) is 3.38. The molecule has 1 aromatic carbocycles. The predicted molar refractivity (Wildman–Crippen MR) is 74.2 cm³/mol. The molecule has 3 nitrogen and oxygen atoms in total. The first-order valence-corrected chi connectivity index (χ1v) is 6.91. The maximum Gasteiger partial charge on any atom is 0.186 e. The van der Waals surface area contributed by atoms with E-state index in [0.29, 0.717) is 16.3 Å². The Morgan fingerprint density at radius 3 is 2.89 bits per heavy atom. The monoisotopic (exact) mass is 298 g/mol. The van der Waals surface area contributed by atoms with Gasteiger partial charge in [-0.25, -0.2) is 9.37 Å². The summed E-state index contributed by atoms with van der Waals surface area (Å²) in [6.45, 7) is 1.81. The fourth-order valence-electron chi connectivity index (χ4n) is 1.55. The third-order valence-electron chi connectivity index (χ3n) is 2.55. The number of halogens is 2. The van der Waals surface area contributed by atoms with E-state index in [4.69, 9.17) is 17.3 Å². The highest BCUT2D eigenvalue weighted by atomic mass is 35.5. The molecule has 0 aliphatic heterocycles. The lowest BCUT2D eigenvalue weighted by molar-refractivity contribution is 0.0988. The van der Waals surface area contributed by atoms with E-state index in [1.165, 1.54) is 23.5 Å². The zero-order chi connectivity index (χ0) is 14.0. The average Bonchev–Trinajstić information content (AvgIpc) is 2.83. The molecule has 0 amide bonds. The summed E-state index contributed by atoms with van der Waals surface area (Å²) in [6, 6.07) is 4.13. The minimum absolute atomic E-state index is 0.0455. The third-order valence-corrected chi connectivity index (χ3v) is 3.90. The van der Waals surface area contributed by atoms with Gasteiger partial charge in [-0.3, -0.25) is 4.79 Å². The summed E-state index contributed by atoms with van der Waals surface area (Å²) in [4.78, 5) is 16.2. The van der Waals surface area contributed by atoms with Gasteiger partial charge in [-0.15, -0.1) is 11.3 Å². The lowest BCUT2D eigenvalue weighted by Gasteiger charge is -2.01. The van der Waals surface area contributed by atoms with Crippen molar-refractivity contribution in [2.24, 2.45) is 5.73 Å². The Morgan fingerprint density at radius 1 is 1.58 bits per heavy atom. The van der Waals surface area contributed by atoms with Crippen LogP contribution in [0.1, 0.15) is 34.0 Å². The van der Waals surface area contributed by atoms with Crippen LogP contribution in [0.5, 0.6) is 0 Å². The van der Waals surface area contributed by atoms with Crippen molar-refractivity contribution in [3.63, 3.8) is 0 Å². The first-order chi connectivity index (χ1) is 8.97. The van der Waals surface area contributed by atoms with E-state index in [9.17, 15) is 9.18 Å². The van der Waals surface area contributed by atoms with Crippen molar-refractivity contribution in [2.75, 3.05) is 0 Å². The van der Waals surface area contributed by atoms with Crippen LogP contribution in [0.3, 0.4) is 0 Å². The smallest absolute Gasteiger partial charge is 0.186 e. The zero-order valence-electron chi connectivity index (χ0n) is 10.2. The lowest BCUT2D eigenvalue weighted by atomic mass is 10.1. The molecule has 100 valence electrons. The Bertz CT molecular complexity index is 612. The van der Waals surface area contributed by atoms with Crippen LogP contribution in [0, 0.1) is 5.82 Å². The highest BCUT2D eigenvalue weighted by Crippen LogP contribution is 2.19. The number of aromatic nitrogens is 1. The second-order valence-corrected chi connectivity index (χ2v) is 5.50. The number of carbonyl (C=O) groups is 1. The van der Waals surface area contributed by atoms with Gasteiger partial charge in [0.2, 0.25) is 0 Å². The minimum atomic E-state index is -0.526. The molecule has 0 bridgehead atoms. The Balaban J connectivity index is 2.13. The maximum absolute atomic E-state index is 13.3. The molecule has 0 saturated heterocycles. The number of ketones is 1. The molecule has 1 heterocycles. The molecule has 0 aliphatic rings. The van der Waals surface area contributed by atoms with Crippen molar-refractivity contribution in [3.05, 3.63) is 50.7 Å². The van der Waals surface area contributed by atoms with Gasteiger partial charge in [-0.05, 0) is 24.6 Å². The number of carbonyl (C=O) groups excluding carboxylic acids is 1. The van der Waals surface area contributed by atoms with Gasteiger partial charge in [0.05, 0.1) is 11.1 Å². The molecular formula is C13H12ClFN2OS. The van der Waals surface area contributed by atoms with Crippen LogP contribution < -0.4 is 5.73 Å². The molecule has 1 aromatic heterocycles. The number of rotatable bonds is 4. The van der Waals surface area contributed by atoms with E-state index in [2.05, 4.69) is 4.98 Å². The van der Waals surface area contributed by atoms with Gasteiger partial charge in [0, 0.05) is 11.8 Å². The number of hydrogen-bond acceptors (Lipinski definition) is 4. The largest absolute Gasteiger partial charge is 0.322 e. The molecule has 6 heteroatoms. The van der Waals surface area contributed by atoms with Crippen molar-refractivity contribution < 1.29 is 9.18 Å². The quantitative estimate of drug-likeness (QED) is 0.880. The van der Waals surface area contributed by atoms with Gasteiger partial charge >= 0.3 is 0 Å². The molecule has 1 atom stereocenters. The van der Waals surface area contributed by atoms with E-state index in [-0.39, 0.29) is 23.3 Å². The summed E-state index contributed by atoms with van der Waals surface area (Å²) in [5, 5.41) is 2.43. The summed E-state index contributed by atoms with van der Waals surface area (Å²) in [7, 11) is 0. The first-order valence-electron chi connectivity index (χ1n) is 5.65. The first kappa shape index (κ1) is 14.1. The molecule has 0 spiro atoms. The van der Waals surface area contributed by atoms with Crippen molar-refractivity contribution in [3.8, 4) is 0 Å². The summed E-state index contributed by atoms with van der Waals surface area (Å²) in [5.41, 5.74) is 6.63. The van der Waals surface area contributed by atoms with Gasteiger partial charge in [0.1, 0.15) is 16.5 Å². The summed E-state index contributed by atoms with van der Waals surface area (Å²) < 4.78 is 13.3. The Morgan fingerprint density at radius 2 is 2.32 bits per heavy atom. The lowest BCUT2D eigenvalue weighted by Crippen LogP contribution is -2.07. The third kappa shape index (κ3) is 3.37. The van der Waals surface area contributed by atoms with Crippen molar-refractivity contribution in [1.29, 1.82) is 0 Å². The molecule has 19 heavy (non-hydrogen) atoms. The Hall–Kier alpha value is -1.30. The van der Waals surface area contributed by atoms with Crippen LogP contribution in [0.25, 0.3) is 0 Å². The molecule has 0 fully saturated rings. The molecular weight excluding hydrogens is 287 g/mol. The van der Waals surface area contributed by atoms with Gasteiger partial charge in [0.15, 0.2) is 5.78 Å². The second-order valence-electron chi connectivity index (χ2n) is 4.21. The number of nitrogens with two attached hydrogens (primary N) is 1. The van der Waals surface area contributed by atoms with Gasteiger partial charge < -0.3 is 5.73 Å². The van der Waals surface area contributed by atoms with Crippen LogP contribution in [0.2, 0.25) is 5.02 Å². The van der Waals surface area contributed by atoms with Gasteiger partial charge in [-0.1, -0.05) is 17.7 Å². The maximum atomic E-state index is 13.3. The number of benzene rings is 1. The topological polar surface area (TPSA) is 56.0 Å². The zero-order valence-corrected chi connectivity index (χ0v) is 11.8. The Kier molecular flexibility index (Phi) is 4.29. The van der Waals surface area contributed by atoms with Crippen LogP contribution in [0.4, 0.5) is 4.39 Å². The second kappa shape index (κ2) is 5.77. The van der Waals surface area contributed by atoms with Crippen molar-refractivity contribution in [2.45, 2.75) is 19.4 Å². The summed E-state index contributed by atoms with van der Waals surface area (Å²) in [6.07, 6.45) is 0.0935. The van der Waals surface area contributed by atoms with Crippen molar-refractivity contribution in [1.82, 2.24) is 4.98 Å². The average molecular weight is 299 g/mol. The summed E-state index contributed by atoms with van der Waals surface area (Å²) >= 11 is 6.94. The van der Waals surface area contributed by atoms with Gasteiger partial charge in [0.25, 0.3) is 0 Å². The van der Waals surface area contributed by atoms with E-state index >= 15 is 0 Å². The van der Waals surface area contributed by atoms with Crippen LogP contribution in [-0.4, -0.2) is 10.8 Å². The molecule has 0 aliphatic carbocycles. The highest BCUT2D eigenvalue weighted by molar-refractivity contribution is 7.09. The molecule has 0 radical (unpaired) electrons. The van der Waals surface area contributed by atoms with E-state index in [1.807, 2.05) is 6.92 Å². The minimum Gasteiger partial charge on any atom is -0.322 e. The SMILES string of the molecule is CC(N)c1nc(C(=O)Cc2ccc(Cl)c(F)c2)cs1. The molecule has 0 saturated carbocycles. The molecule has 2 rings (SSSR count). The summed E-state index contributed by atoms with van der Waals surface area (Å²) in [5.74, 6) is -0.689. The van der Waals surface area contributed by atoms with Crippen LogP contribution in [0.15, 0.2) is 23.6 Å². The molecule has 1 unspecified atom stereocenters. The van der Waals surface area contributed by atoms with E-state index < -0.39 is 5.82 Å². The fraction of sp³-hybridized carbons (Fsp3) is 0.231. The van der Waals surface area contributed by atoms with Crippen LogP contribution >= 0.6 is 22.9 Å². The number of thiazole rings is 1. The molecule has 2 N–H and O–H groups in total. The van der Waals surface area contributed by atoms with E-state index in [1.54, 1.807) is 11.4 Å². The number of nitrogens with zero attached hydrogens (tertiary/aromatic N) is 1. The fourth-order valence-corrected chi connectivity index (χ4v) is 2.45. The van der Waals surface area contributed by atoms with Crippen LogP contribution in [-0.2, 0) is 6.42 Å². The number of Topliss-reactive ketones (excluding diaryl/α,β-unsaturated/α-hetero) is 1.